The Bertz CT molecular complexity index is 608. The van der Waals surface area contributed by atoms with E-state index in [1.807, 2.05) is 12.1 Å². The molecular weight excluding hydrogens is 254 g/mol. The van der Waals surface area contributed by atoms with Crippen LogP contribution in [-0.4, -0.2) is 18.6 Å². The number of methoxy groups -OCH3 is 1. The van der Waals surface area contributed by atoms with Gasteiger partial charge in [0.2, 0.25) is 0 Å². The van der Waals surface area contributed by atoms with Crippen LogP contribution >= 0.6 is 0 Å². The van der Waals surface area contributed by atoms with Crippen molar-refractivity contribution in [2.75, 3.05) is 13.7 Å². The first kappa shape index (κ1) is 13.8. The van der Waals surface area contributed by atoms with E-state index in [1.54, 1.807) is 30.6 Å². The molecule has 5 nitrogen and oxygen atoms in total. The summed E-state index contributed by atoms with van der Waals surface area (Å²) in [5, 5.41) is 8.88. The lowest BCUT2D eigenvalue weighted by Gasteiger charge is -2.19. The molecule has 102 valence electrons. The van der Waals surface area contributed by atoms with Crippen LogP contribution in [0.15, 0.2) is 42.7 Å². The van der Waals surface area contributed by atoms with Crippen molar-refractivity contribution >= 4 is 0 Å². The van der Waals surface area contributed by atoms with Crippen LogP contribution in [0.4, 0.5) is 0 Å². The van der Waals surface area contributed by atoms with E-state index >= 15 is 0 Å². The fourth-order valence-electron chi connectivity index (χ4n) is 1.81. The Morgan fingerprint density at radius 3 is 2.80 bits per heavy atom. The van der Waals surface area contributed by atoms with Gasteiger partial charge in [-0.05, 0) is 18.2 Å². The average Bonchev–Trinajstić information content (AvgIpc) is 2.53. The van der Waals surface area contributed by atoms with Gasteiger partial charge in [0.25, 0.3) is 0 Å². The number of pyridine rings is 1. The van der Waals surface area contributed by atoms with Crippen molar-refractivity contribution in [1.29, 1.82) is 5.26 Å². The molecule has 0 saturated heterocycles. The number of hydrogen-bond acceptors (Lipinski definition) is 5. The summed E-state index contributed by atoms with van der Waals surface area (Å²) >= 11 is 0. The Kier molecular flexibility index (Phi) is 4.53. The predicted molar refractivity (Wildman–Crippen MR) is 74.4 cm³/mol. The Morgan fingerprint density at radius 1 is 1.35 bits per heavy atom. The number of nitrogens with zero attached hydrogens (tertiary/aromatic N) is 2. The standard InChI is InChI=1S/C15H15N3O2/c1-19-14-7-11(8-16)4-5-13(14)20-15(9-17)12-3-2-6-18-10-12/h2-7,10,15H,9,17H2,1H3. The highest BCUT2D eigenvalue weighted by Crippen LogP contribution is 2.31. The molecule has 0 amide bonds. The monoisotopic (exact) mass is 269 g/mol. The maximum atomic E-state index is 8.88. The number of ether oxygens (including phenoxy) is 2. The topological polar surface area (TPSA) is 81.2 Å². The minimum absolute atomic E-state index is 0.314. The molecule has 0 aliphatic heterocycles. The summed E-state index contributed by atoms with van der Waals surface area (Å²) in [5.74, 6) is 1.05. The van der Waals surface area contributed by atoms with E-state index < -0.39 is 0 Å². The Hall–Kier alpha value is -2.58. The van der Waals surface area contributed by atoms with Crippen LogP contribution in [0.3, 0.4) is 0 Å². The van der Waals surface area contributed by atoms with Crippen LogP contribution in [0.25, 0.3) is 0 Å². The molecule has 2 N–H and O–H groups in total. The van der Waals surface area contributed by atoms with E-state index in [2.05, 4.69) is 11.1 Å². The van der Waals surface area contributed by atoms with E-state index in [4.69, 9.17) is 20.5 Å². The number of aromatic nitrogens is 1. The highest BCUT2D eigenvalue weighted by molar-refractivity contribution is 5.47. The van der Waals surface area contributed by atoms with Gasteiger partial charge in [-0.3, -0.25) is 4.98 Å². The van der Waals surface area contributed by atoms with Crippen LogP contribution < -0.4 is 15.2 Å². The number of hydrogen-bond donors (Lipinski definition) is 1. The first-order valence-corrected chi connectivity index (χ1v) is 6.13. The molecule has 0 aliphatic rings. The number of benzene rings is 1. The quantitative estimate of drug-likeness (QED) is 0.898. The van der Waals surface area contributed by atoms with Crippen molar-refractivity contribution in [3.05, 3.63) is 53.9 Å². The molecule has 0 saturated carbocycles. The second kappa shape index (κ2) is 6.55. The number of nitrogens with two attached hydrogens (primary N) is 1. The SMILES string of the molecule is COc1cc(C#N)ccc1OC(CN)c1cccnc1. The lowest BCUT2D eigenvalue weighted by molar-refractivity contribution is 0.204. The van der Waals surface area contributed by atoms with Crippen molar-refractivity contribution in [3.63, 3.8) is 0 Å². The molecule has 1 aromatic carbocycles. The van der Waals surface area contributed by atoms with Gasteiger partial charge in [0.05, 0.1) is 18.7 Å². The number of rotatable bonds is 5. The van der Waals surface area contributed by atoms with Crippen LogP contribution in [0.5, 0.6) is 11.5 Å². The van der Waals surface area contributed by atoms with Gasteiger partial charge in [0.1, 0.15) is 6.10 Å². The third-order valence-corrected chi connectivity index (χ3v) is 2.83. The molecule has 0 aliphatic carbocycles. The van der Waals surface area contributed by atoms with Gasteiger partial charge in [-0.1, -0.05) is 6.07 Å². The number of nitriles is 1. The summed E-state index contributed by atoms with van der Waals surface area (Å²) in [5.41, 5.74) is 7.16. The molecule has 20 heavy (non-hydrogen) atoms. The molecule has 0 radical (unpaired) electrons. The van der Waals surface area contributed by atoms with Crippen molar-refractivity contribution in [3.8, 4) is 17.6 Å². The summed E-state index contributed by atoms with van der Waals surface area (Å²) < 4.78 is 11.1. The molecule has 2 aromatic rings. The zero-order chi connectivity index (χ0) is 14.4. The molecular formula is C15H15N3O2. The zero-order valence-electron chi connectivity index (χ0n) is 11.1. The summed E-state index contributed by atoms with van der Waals surface area (Å²) in [6, 6.07) is 10.8. The first-order valence-electron chi connectivity index (χ1n) is 6.13. The molecule has 5 heteroatoms. The lowest BCUT2D eigenvalue weighted by atomic mass is 10.1. The zero-order valence-corrected chi connectivity index (χ0v) is 11.1. The predicted octanol–water partition coefficient (Wildman–Crippen LogP) is 2.04. The van der Waals surface area contributed by atoms with Gasteiger partial charge in [-0.25, -0.2) is 0 Å². The second-order valence-electron chi connectivity index (χ2n) is 4.11. The second-order valence-corrected chi connectivity index (χ2v) is 4.11. The Morgan fingerprint density at radius 2 is 2.20 bits per heavy atom. The smallest absolute Gasteiger partial charge is 0.162 e. The van der Waals surface area contributed by atoms with Crippen LogP contribution in [0.1, 0.15) is 17.2 Å². The van der Waals surface area contributed by atoms with Crippen molar-refractivity contribution in [2.24, 2.45) is 5.73 Å². The molecule has 0 spiro atoms. The van der Waals surface area contributed by atoms with Crippen LogP contribution in [0.2, 0.25) is 0 Å². The third kappa shape index (κ3) is 3.05. The van der Waals surface area contributed by atoms with E-state index in [9.17, 15) is 0 Å². The molecule has 1 aromatic heterocycles. The van der Waals surface area contributed by atoms with E-state index in [-0.39, 0.29) is 6.10 Å². The molecule has 1 atom stereocenters. The van der Waals surface area contributed by atoms with Gasteiger partial charge < -0.3 is 15.2 Å². The molecule has 1 heterocycles. The van der Waals surface area contributed by atoms with Crippen LogP contribution in [0, 0.1) is 11.3 Å². The van der Waals surface area contributed by atoms with Crippen LogP contribution in [-0.2, 0) is 0 Å². The normalized spacial score (nSPS) is 11.4. The summed E-state index contributed by atoms with van der Waals surface area (Å²) in [4.78, 5) is 4.06. The van der Waals surface area contributed by atoms with Gasteiger partial charge in [0.15, 0.2) is 11.5 Å². The summed E-state index contributed by atoms with van der Waals surface area (Å²) in [6.45, 7) is 0.314. The van der Waals surface area contributed by atoms with E-state index in [0.717, 1.165) is 5.56 Å². The Labute approximate surface area is 117 Å². The molecule has 0 bridgehead atoms. The van der Waals surface area contributed by atoms with Crippen molar-refractivity contribution in [2.45, 2.75) is 6.10 Å². The highest BCUT2D eigenvalue weighted by Gasteiger charge is 2.14. The van der Waals surface area contributed by atoms with Crippen molar-refractivity contribution in [1.82, 2.24) is 4.98 Å². The maximum Gasteiger partial charge on any atom is 0.162 e. The van der Waals surface area contributed by atoms with Gasteiger partial charge >= 0.3 is 0 Å². The average molecular weight is 269 g/mol. The van der Waals surface area contributed by atoms with E-state index in [0.29, 0.717) is 23.6 Å². The minimum Gasteiger partial charge on any atom is -0.493 e. The summed E-state index contributed by atoms with van der Waals surface area (Å²) in [6.07, 6.45) is 3.10. The largest absolute Gasteiger partial charge is 0.493 e. The lowest BCUT2D eigenvalue weighted by Crippen LogP contribution is -2.18. The van der Waals surface area contributed by atoms with Gasteiger partial charge in [0, 0.05) is 30.6 Å². The van der Waals surface area contributed by atoms with Crippen molar-refractivity contribution < 1.29 is 9.47 Å². The highest BCUT2D eigenvalue weighted by atomic mass is 16.5. The molecule has 1 unspecified atom stereocenters. The fourth-order valence-corrected chi connectivity index (χ4v) is 1.81. The minimum atomic E-state index is -0.314. The Balaban J connectivity index is 2.26. The summed E-state index contributed by atoms with van der Waals surface area (Å²) in [7, 11) is 1.53. The molecule has 0 fully saturated rings. The maximum absolute atomic E-state index is 8.88. The third-order valence-electron chi connectivity index (χ3n) is 2.83. The van der Waals surface area contributed by atoms with E-state index in [1.165, 1.54) is 7.11 Å². The molecule has 2 rings (SSSR count). The van der Waals surface area contributed by atoms with Gasteiger partial charge in [-0.2, -0.15) is 5.26 Å². The first-order chi connectivity index (χ1) is 9.78. The van der Waals surface area contributed by atoms with Gasteiger partial charge in [-0.15, -0.1) is 0 Å². The fraction of sp³-hybridized carbons (Fsp3) is 0.200.